The number of esters is 1. The molecule has 130 valence electrons. The summed E-state index contributed by atoms with van der Waals surface area (Å²) in [6.07, 6.45) is 2.27. The first-order valence-corrected chi connectivity index (χ1v) is 8.55. The van der Waals surface area contributed by atoms with Gasteiger partial charge in [-0.05, 0) is 30.5 Å². The van der Waals surface area contributed by atoms with Gasteiger partial charge in [0.2, 0.25) is 5.91 Å². The van der Waals surface area contributed by atoms with Crippen molar-refractivity contribution in [2.75, 3.05) is 39.8 Å². The van der Waals surface area contributed by atoms with Crippen LogP contribution in [0.15, 0.2) is 24.3 Å². The van der Waals surface area contributed by atoms with Crippen molar-refractivity contribution in [3.63, 3.8) is 0 Å². The molecule has 1 aliphatic carbocycles. The van der Waals surface area contributed by atoms with Crippen molar-refractivity contribution < 1.29 is 14.3 Å². The third-order valence-corrected chi connectivity index (χ3v) is 4.56. The van der Waals surface area contributed by atoms with Gasteiger partial charge in [0.1, 0.15) is 0 Å². The Morgan fingerprint density at radius 1 is 1.08 bits per heavy atom. The van der Waals surface area contributed by atoms with E-state index in [-0.39, 0.29) is 11.9 Å². The lowest BCUT2D eigenvalue weighted by atomic mass is 10.1. The van der Waals surface area contributed by atoms with Crippen LogP contribution in [0.2, 0.25) is 0 Å². The molecular weight excluding hydrogens is 306 g/mol. The Labute approximate surface area is 142 Å². The number of hydrogen-bond donors (Lipinski definition) is 1. The van der Waals surface area contributed by atoms with Gasteiger partial charge in [-0.3, -0.25) is 14.6 Å². The first-order chi connectivity index (χ1) is 11.6. The van der Waals surface area contributed by atoms with Gasteiger partial charge in [0.25, 0.3) is 0 Å². The topological polar surface area (TPSA) is 61.9 Å². The first-order valence-electron chi connectivity index (χ1n) is 8.55. The highest BCUT2D eigenvalue weighted by Crippen LogP contribution is 2.18. The molecule has 0 spiro atoms. The monoisotopic (exact) mass is 331 g/mol. The maximum absolute atomic E-state index is 11.8. The number of piperazine rings is 1. The van der Waals surface area contributed by atoms with Crippen LogP contribution in [0.5, 0.6) is 0 Å². The van der Waals surface area contributed by atoms with Crippen LogP contribution in [-0.2, 0) is 16.1 Å². The van der Waals surface area contributed by atoms with Gasteiger partial charge in [0, 0.05) is 38.8 Å². The molecule has 0 aromatic heterocycles. The molecule has 1 aliphatic heterocycles. The molecule has 1 saturated carbocycles. The lowest BCUT2D eigenvalue weighted by molar-refractivity contribution is -0.122. The lowest BCUT2D eigenvalue weighted by Crippen LogP contribution is -2.49. The second kappa shape index (κ2) is 7.77. The van der Waals surface area contributed by atoms with E-state index in [4.69, 9.17) is 4.74 Å². The molecule has 2 aliphatic rings. The number of carbonyl (C=O) groups excluding carboxylic acids is 2. The highest BCUT2D eigenvalue weighted by molar-refractivity contribution is 5.89. The molecular formula is C18H25N3O3. The minimum atomic E-state index is -0.306. The number of benzene rings is 1. The highest BCUT2D eigenvalue weighted by Gasteiger charge is 2.25. The Balaban J connectivity index is 1.41. The van der Waals surface area contributed by atoms with Crippen molar-refractivity contribution in [1.29, 1.82) is 0 Å². The molecule has 1 aromatic carbocycles. The van der Waals surface area contributed by atoms with E-state index in [2.05, 4.69) is 15.1 Å². The number of rotatable bonds is 6. The molecule has 2 fully saturated rings. The fourth-order valence-electron chi connectivity index (χ4n) is 2.93. The number of carbonyl (C=O) groups is 2. The molecule has 1 heterocycles. The van der Waals surface area contributed by atoms with Crippen LogP contribution >= 0.6 is 0 Å². The Kier molecular flexibility index (Phi) is 5.48. The summed E-state index contributed by atoms with van der Waals surface area (Å²) < 4.78 is 4.71. The summed E-state index contributed by atoms with van der Waals surface area (Å²) in [4.78, 5) is 27.9. The van der Waals surface area contributed by atoms with E-state index in [0.29, 0.717) is 18.2 Å². The van der Waals surface area contributed by atoms with Crippen molar-refractivity contribution in [3.8, 4) is 0 Å². The average molecular weight is 331 g/mol. The number of hydrogen-bond acceptors (Lipinski definition) is 5. The molecule has 0 atom stereocenters. The van der Waals surface area contributed by atoms with E-state index in [0.717, 1.165) is 45.6 Å². The van der Waals surface area contributed by atoms with Crippen molar-refractivity contribution in [2.24, 2.45) is 0 Å². The summed E-state index contributed by atoms with van der Waals surface area (Å²) in [5, 5.41) is 3.04. The van der Waals surface area contributed by atoms with Gasteiger partial charge in [-0.2, -0.15) is 0 Å². The number of methoxy groups -OCH3 is 1. The first kappa shape index (κ1) is 16.9. The van der Waals surface area contributed by atoms with Crippen molar-refractivity contribution in [3.05, 3.63) is 35.4 Å². The van der Waals surface area contributed by atoms with Gasteiger partial charge in [-0.15, -0.1) is 0 Å². The van der Waals surface area contributed by atoms with Crippen LogP contribution in [0.1, 0.15) is 28.8 Å². The van der Waals surface area contributed by atoms with Gasteiger partial charge in [-0.1, -0.05) is 12.1 Å². The van der Waals surface area contributed by atoms with Crippen LogP contribution < -0.4 is 5.32 Å². The van der Waals surface area contributed by atoms with E-state index >= 15 is 0 Å². The Morgan fingerprint density at radius 3 is 2.29 bits per heavy atom. The molecule has 1 aromatic rings. The average Bonchev–Trinajstić information content (AvgIpc) is 3.40. The molecule has 6 heteroatoms. The molecule has 0 unspecified atom stereocenters. The fourth-order valence-corrected chi connectivity index (χ4v) is 2.93. The van der Waals surface area contributed by atoms with Gasteiger partial charge >= 0.3 is 5.97 Å². The number of nitrogens with one attached hydrogen (secondary N) is 1. The zero-order valence-electron chi connectivity index (χ0n) is 14.2. The second-order valence-corrected chi connectivity index (χ2v) is 6.58. The minimum Gasteiger partial charge on any atom is -0.465 e. The normalized spacial score (nSPS) is 19.0. The van der Waals surface area contributed by atoms with Crippen molar-refractivity contribution >= 4 is 11.9 Å². The van der Waals surface area contributed by atoms with Crippen molar-refractivity contribution in [2.45, 2.75) is 25.4 Å². The molecule has 1 saturated heterocycles. The Morgan fingerprint density at radius 2 is 1.71 bits per heavy atom. The predicted octanol–water partition coefficient (Wildman–Crippen LogP) is 0.869. The largest absolute Gasteiger partial charge is 0.465 e. The predicted molar refractivity (Wildman–Crippen MR) is 90.7 cm³/mol. The molecule has 3 rings (SSSR count). The van der Waals surface area contributed by atoms with Crippen LogP contribution in [-0.4, -0.2) is 67.6 Å². The van der Waals surface area contributed by atoms with Crippen LogP contribution in [0, 0.1) is 0 Å². The van der Waals surface area contributed by atoms with Crippen LogP contribution in [0.25, 0.3) is 0 Å². The number of nitrogens with zero attached hydrogens (tertiary/aromatic N) is 2. The lowest BCUT2D eigenvalue weighted by Gasteiger charge is -2.34. The quantitative estimate of drug-likeness (QED) is 0.784. The second-order valence-electron chi connectivity index (χ2n) is 6.58. The molecule has 6 nitrogen and oxygen atoms in total. The SMILES string of the molecule is COC(=O)c1ccc(CN2CCN(CC(=O)NC3CC3)CC2)cc1. The zero-order valence-corrected chi connectivity index (χ0v) is 14.2. The van der Waals surface area contributed by atoms with Gasteiger partial charge in [-0.25, -0.2) is 4.79 Å². The Hall–Kier alpha value is -1.92. The Bertz CT molecular complexity index is 576. The van der Waals surface area contributed by atoms with E-state index < -0.39 is 0 Å². The third-order valence-electron chi connectivity index (χ3n) is 4.56. The van der Waals surface area contributed by atoms with E-state index in [1.165, 1.54) is 12.7 Å². The number of ether oxygens (including phenoxy) is 1. The van der Waals surface area contributed by atoms with Crippen LogP contribution in [0.3, 0.4) is 0 Å². The third kappa shape index (κ3) is 4.79. The number of amides is 1. The molecule has 1 N–H and O–H groups in total. The summed E-state index contributed by atoms with van der Waals surface area (Å²) in [6.45, 7) is 5.11. The smallest absolute Gasteiger partial charge is 0.337 e. The van der Waals surface area contributed by atoms with E-state index in [1.54, 1.807) is 12.1 Å². The minimum absolute atomic E-state index is 0.157. The molecule has 24 heavy (non-hydrogen) atoms. The zero-order chi connectivity index (χ0) is 16.9. The van der Waals surface area contributed by atoms with E-state index in [9.17, 15) is 9.59 Å². The fraction of sp³-hybridized carbons (Fsp3) is 0.556. The van der Waals surface area contributed by atoms with Crippen molar-refractivity contribution in [1.82, 2.24) is 15.1 Å². The van der Waals surface area contributed by atoms with Gasteiger partial charge in [0.05, 0.1) is 19.2 Å². The van der Waals surface area contributed by atoms with E-state index in [1.807, 2.05) is 12.1 Å². The van der Waals surface area contributed by atoms with Gasteiger partial charge < -0.3 is 10.1 Å². The summed E-state index contributed by atoms with van der Waals surface area (Å²) in [6, 6.07) is 8.00. The van der Waals surface area contributed by atoms with Gasteiger partial charge in [0.15, 0.2) is 0 Å². The van der Waals surface area contributed by atoms with Crippen LogP contribution in [0.4, 0.5) is 0 Å². The summed E-state index contributed by atoms with van der Waals surface area (Å²) in [5.74, 6) is -0.149. The summed E-state index contributed by atoms with van der Waals surface area (Å²) in [7, 11) is 1.39. The maximum atomic E-state index is 11.8. The molecule has 0 bridgehead atoms. The standard InChI is InChI=1S/C18H25N3O3/c1-24-18(23)15-4-2-14(3-5-15)12-20-8-10-21(11-9-20)13-17(22)19-16-6-7-16/h2-5,16H,6-13H2,1H3,(H,19,22). The molecule has 1 amide bonds. The summed E-state index contributed by atoms with van der Waals surface area (Å²) >= 11 is 0. The maximum Gasteiger partial charge on any atom is 0.337 e. The molecule has 0 radical (unpaired) electrons. The highest BCUT2D eigenvalue weighted by atomic mass is 16.5. The summed E-state index contributed by atoms with van der Waals surface area (Å²) in [5.41, 5.74) is 1.76.